The highest BCUT2D eigenvalue weighted by atomic mass is 16.6. The maximum Gasteiger partial charge on any atom is 0.196 e. The zero-order chi connectivity index (χ0) is 19.2. The second kappa shape index (κ2) is 4.99. The van der Waals surface area contributed by atoms with E-state index in [-0.39, 0.29) is 23.4 Å². The number of ether oxygens (including phenoxy) is 2. The topological polar surface area (TPSA) is 52.6 Å². The van der Waals surface area contributed by atoms with E-state index in [1.165, 1.54) is 0 Å². The maximum atomic E-state index is 13.5. The number of carbonyl (C=O) groups is 2. The van der Waals surface area contributed by atoms with Crippen LogP contribution < -0.4 is 4.74 Å². The van der Waals surface area contributed by atoms with Crippen molar-refractivity contribution in [3.8, 4) is 5.75 Å². The van der Waals surface area contributed by atoms with Crippen LogP contribution in [0.4, 0.5) is 0 Å². The molecule has 1 saturated carbocycles. The third-order valence-electron chi connectivity index (χ3n) is 6.80. The van der Waals surface area contributed by atoms with Crippen molar-refractivity contribution in [1.82, 2.24) is 0 Å². The lowest BCUT2D eigenvalue weighted by atomic mass is 9.51. The Balaban J connectivity index is 1.81. The van der Waals surface area contributed by atoms with E-state index in [2.05, 4.69) is 0 Å². The zero-order valence-corrected chi connectivity index (χ0v) is 16.2. The first-order valence-corrected chi connectivity index (χ1v) is 9.66. The van der Waals surface area contributed by atoms with Gasteiger partial charge in [-0.05, 0) is 46.2 Å². The Hall–Kier alpha value is -2.20. The average Bonchev–Trinajstić information content (AvgIpc) is 2.78. The highest BCUT2D eigenvalue weighted by Gasteiger charge is 2.80. The summed E-state index contributed by atoms with van der Waals surface area (Å²) in [6, 6.07) is 7.33. The molecule has 1 aromatic carbocycles. The molecule has 27 heavy (non-hydrogen) atoms. The molecule has 1 spiro atoms. The third-order valence-corrected chi connectivity index (χ3v) is 6.80. The summed E-state index contributed by atoms with van der Waals surface area (Å²) in [4.78, 5) is 27.0. The first-order chi connectivity index (χ1) is 12.7. The second-order valence-corrected chi connectivity index (χ2v) is 9.02. The minimum Gasteiger partial charge on any atom is -0.478 e. The Morgan fingerprint density at radius 2 is 1.96 bits per heavy atom. The number of para-hydroxylation sites is 1. The molecule has 2 aliphatic heterocycles. The smallest absolute Gasteiger partial charge is 0.196 e. The fraction of sp³-hybridized carbons (Fsp3) is 0.478. The SMILES string of the molecule is CC(C)=CC[C@@]12OC(C)(C)C3C[C@H](C=C4C(=O)c5ccccc5O[C@]431)C2=O. The van der Waals surface area contributed by atoms with Gasteiger partial charge in [0.1, 0.15) is 5.75 Å². The van der Waals surface area contributed by atoms with Crippen LogP contribution in [0.5, 0.6) is 5.75 Å². The van der Waals surface area contributed by atoms with Gasteiger partial charge in [-0.15, -0.1) is 0 Å². The molecular weight excluding hydrogens is 340 g/mol. The zero-order valence-electron chi connectivity index (χ0n) is 16.2. The molecule has 5 aliphatic rings. The molecule has 3 aliphatic carbocycles. The molecule has 6 rings (SSSR count). The largest absolute Gasteiger partial charge is 0.478 e. The first kappa shape index (κ1) is 16.9. The van der Waals surface area contributed by atoms with Gasteiger partial charge in [0.05, 0.1) is 11.2 Å². The number of fused-ring (bicyclic) bond motifs is 1. The summed E-state index contributed by atoms with van der Waals surface area (Å²) in [5.74, 6) is 0.257. The lowest BCUT2D eigenvalue weighted by molar-refractivity contribution is -0.171. The van der Waals surface area contributed by atoms with E-state index in [0.29, 0.717) is 29.7 Å². The van der Waals surface area contributed by atoms with Crippen molar-refractivity contribution in [1.29, 1.82) is 0 Å². The maximum absolute atomic E-state index is 13.5. The number of allylic oxidation sites excluding steroid dienone is 2. The molecule has 2 fully saturated rings. The van der Waals surface area contributed by atoms with Gasteiger partial charge >= 0.3 is 0 Å². The fourth-order valence-corrected chi connectivity index (χ4v) is 5.74. The fourth-order valence-electron chi connectivity index (χ4n) is 5.74. The van der Waals surface area contributed by atoms with Gasteiger partial charge in [0, 0.05) is 23.8 Å². The molecule has 140 valence electrons. The molecule has 0 radical (unpaired) electrons. The number of hydrogen-bond donors (Lipinski definition) is 0. The summed E-state index contributed by atoms with van der Waals surface area (Å²) >= 11 is 0. The standard InChI is InChI=1S/C23H24O4/c1-13(2)9-10-22-20(25)14-11-16-19(24)15-7-5-6-8-17(15)26-23(16,22)18(12-14)21(3,4)27-22/h5-9,11,14,18H,10,12H2,1-4H3/t14-,18?,22-,23+/m0/s1. The molecule has 1 unspecified atom stereocenters. The summed E-state index contributed by atoms with van der Waals surface area (Å²) in [6.07, 6.45) is 5.00. The normalized spacial score (nSPS) is 37.3. The van der Waals surface area contributed by atoms with Crippen LogP contribution in [-0.4, -0.2) is 28.4 Å². The number of rotatable bonds is 2. The molecule has 2 heterocycles. The van der Waals surface area contributed by atoms with Gasteiger partial charge in [-0.25, -0.2) is 0 Å². The van der Waals surface area contributed by atoms with E-state index < -0.39 is 16.8 Å². The summed E-state index contributed by atoms with van der Waals surface area (Å²) in [7, 11) is 0. The average molecular weight is 364 g/mol. The van der Waals surface area contributed by atoms with Crippen molar-refractivity contribution in [3.63, 3.8) is 0 Å². The molecule has 0 aromatic heterocycles. The van der Waals surface area contributed by atoms with E-state index in [1.807, 2.05) is 58.0 Å². The van der Waals surface area contributed by atoms with Gasteiger partial charge < -0.3 is 9.47 Å². The Bertz CT molecular complexity index is 949. The van der Waals surface area contributed by atoms with Crippen molar-refractivity contribution >= 4 is 11.6 Å². The van der Waals surface area contributed by atoms with Gasteiger partial charge in [-0.2, -0.15) is 0 Å². The van der Waals surface area contributed by atoms with E-state index in [0.717, 1.165) is 5.57 Å². The summed E-state index contributed by atoms with van der Waals surface area (Å²) in [5, 5.41) is 0. The lowest BCUT2D eigenvalue weighted by Crippen LogP contribution is -2.72. The van der Waals surface area contributed by atoms with Gasteiger partial charge in [0.25, 0.3) is 0 Å². The van der Waals surface area contributed by atoms with Crippen molar-refractivity contribution < 1.29 is 19.1 Å². The molecule has 0 N–H and O–H groups in total. The number of hydrogen-bond acceptors (Lipinski definition) is 4. The minimum atomic E-state index is -1.14. The van der Waals surface area contributed by atoms with Crippen LogP contribution in [0.1, 0.15) is 50.9 Å². The van der Waals surface area contributed by atoms with Gasteiger partial charge in [-0.3, -0.25) is 9.59 Å². The van der Waals surface area contributed by atoms with Crippen LogP contribution in [0.3, 0.4) is 0 Å². The lowest BCUT2D eigenvalue weighted by Gasteiger charge is -2.56. The molecule has 1 aromatic rings. The Labute approximate surface area is 159 Å². The molecular formula is C23H24O4. The molecule has 0 amide bonds. The van der Waals surface area contributed by atoms with Crippen LogP contribution in [0, 0.1) is 11.8 Å². The summed E-state index contributed by atoms with van der Waals surface area (Å²) < 4.78 is 13.2. The van der Waals surface area contributed by atoms with E-state index in [4.69, 9.17) is 9.47 Å². The summed E-state index contributed by atoms with van der Waals surface area (Å²) in [6.45, 7) is 8.07. The van der Waals surface area contributed by atoms with Crippen LogP contribution in [0.2, 0.25) is 0 Å². The Morgan fingerprint density at radius 1 is 1.22 bits per heavy atom. The highest BCUT2D eigenvalue weighted by molar-refractivity contribution is 6.16. The van der Waals surface area contributed by atoms with Gasteiger partial charge in [0.2, 0.25) is 0 Å². The monoisotopic (exact) mass is 364 g/mol. The molecule has 4 atom stereocenters. The van der Waals surface area contributed by atoms with E-state index in [1.54, 1.807) is 6.07 Å². The van der Waals surface area contributed by atoms with Crippen LogP contribution >= 0.6 is 0 Å². The first-order valence-electron chi connectivity index (χ1n) is 9.66. The van der Waals surface area contributed by atoms with Crippen LogP contribution in [0.25, 0.3) is 0 Å². The molecule has 4 heteroatoms. The van der Waals surface area contributed by atoms with E-state index in [9.17, 15) is 9.59 Å². The Morgan fingerprint density at radius 3 is 2.70 bits per heavy atom. The number of Topliss-reactive ketones (excluding diaryl/α,β-unsaturated/α-hetero) is 2. The van der Waals surface area contributed by atoms with E-state index >= 15 is 0 Å². The summed E-state index contributed by atoms with van der Waals surface area (Å²) in [5.41, 5.74) is -0.424. The van der Waals surface area contributed by atoms with Crippen LogP contribution in [-0.2, 0) is 9.53 Å². The van der Waals surface area contributed by atoms with Crippen molar-refractivity contribution in [2.75, 3.05) is 0 Å². The quantitative estimate of drug-likeness (QED) is 0.743. The van der Waals surface area contributed by atoms with Crippen molar-refractivity contribution in [3.05, 3.63) is 53.1 Å². The van der Waals surface area contributed by atoms with Crippen molar-refractivity contribution in [2.45, 2.75) is 57.3 Å². The third kappa shape index (κ3) is 1.82. The van der Waals surface area contributed by atoms with Gasteiger partial charge in [0.15, 0.2) is 22.8 Å². The number of benzene rings is 1. The minimum absolute atomic E-state index is 0.0260. The Kier molecular flexibility index (Phi) is 3.13. The number of carbonyl (C=O) groups excluding carboxylic acids is 2. The molecule has 4 nitrogen and oxygen atoms in total. The highest BCUT2D eigenvalue weighted by Crippen LogP contribution is 2.67. The van der Waals surface area contributed by atoms with Crippen molar-refractivity contribution in [2.24, 2.45) is 11.8 Å². The molecule has 4 bridgehead atoms. The van der Waals surface area contributed by atoms with Gasteiger partial charge in [-0.1, -0.05) is 29.9 Å². The number of ketones is 2. The molecule has 1 saturated heterocycles. The second-order valence-electron chi connectivity index (χ2n) is 9.02. The predicted octanol–water partition coefficient (Wildman–Crippen LogP) is 4.05. The van der Waals surface area contributed by atoms with Crippen LogP contribution in [0.15, 0.2) is 47.6 Å². The predicted molar refractivity (Wildman–Crippen MR) is 101 cm³/mol.